The molecule has 0 amide bonds. The number of fused-ring (bicyclic) bond motifs is 2. The van der Waals surface area contributed by atoms with Gasteiger partial charge in [-0.2, -0.15) is 39.1 Å². The largest absolute Gasteiger partial charge is 0.465 e. The lowest BCUT2D eigenvalue weighted by Crippen LogP contribution is -2.09. The Morgan fingerprint density at radius 2 is 1.07 bits per heavy atom. The maximum atomic E-state index is 12.7. The number of hydrogen-bond donors (Lipinski definition) is 2. The molecule has 22 nitrogen and oxygen atoms in total. The van der Waals surface area contributed by atoms with Crippen molar-refractivity contribution in [1.82, 2.24) is 59.1 Å². The second-order valence-electron chi connectivity index (χ2n) is 12.6. The van der Waals surface area contributed by atoms with Crippen molar-refractivity contribution in [3.05, 3.63) is 95.8 Å². The Kier molecular flexibility index (Phi) is 9.36. The number of para-hydroxylation sites is 2. The molecule has 298 valence electrons. The molecule has 24 heteroatoms. The number of ether oxygens (including phenoxy) is 2. The van der Waals surface area contributed by atoms with Crippen molar-refractivity contribution in [3.8, 4) is 21.9 Å². The quantitative estimate of drug-likeness (QED) is 0.108. The molecule has 0 aliphatic rings. The predicted molar refractivity (Wildman–Crippen MR) is 219 cm³/mol. The molecule has 0 aliphatic carbocycles. The van der Waals surface area contributed by atoms with E-state index in [2.05, 4.69) is 60.8 Å². The first-order valence-corrected chi connectivity index (χ1v) is 19.2. The third kappa shape index (κ3) is 6.45. The number of nitrogen functional groups attached to an aromatic ring is 2. The van der Waals surface area contributed by atoms with E-state index in [-0.39, 0.29) is 57.4 Å². The van der Waals surface area contributed by atoms with Gasteiger partial charge in [0.25, 0.3) is 0 Å². The zero-order valence-corrected chi connectivity index (χ0v) is 33.3. The highest BCUT2D eigenvalue weighted by Gasteiger charge is 2.25. The Hall–Kier alpha value is -8.12. The first-order valence-electron chi connectivity index (χ1n) is 17.5. The van der Waals surface area contributed by atoms with E-state index in [0.717, 1.165) is 20.4 Å². The van der Waals surface area contributed by atoms with Gasteiger partial charge in [0.05, 0.1) is 58.4 Å². The molecule has 4 N–H and O–H groups in total. The molecule has 7 heterocycles. The van der Waals surface area contributed by atoms with E-state index in [0.29, 0.717) is 21.7 Å². The molecule has 9 aromatic rings. The molecule has 2 aromatic carbocycles. The van der Waals surface area contributed by atoms with Crippen LogP contribution in [0.1, 0.15) is 32.1 Å². The van der Waals surface area contributed by atoms with Gasteiger partial charge in [-0.15, -0.1) is 20.5 Å². The molecular formula is C36H28N18O4S2. The first kappa shape index (κ1) is 37.5. The molecule has 0 atom stereocenters. The number of aromatic nitrogens is 12. The van der Waals surface area contributed by atoms with Gasteiger partial charge in [-0.3, -0.25) is 0 Å². The van der Waals surface area contributed by atoms with Gasteiger partial charge in [0, 0.05) is 6.07 Å². The molecule has 0 radical (unpaired) electrons. The fourth-order valence-electron chi connectivity index (χ4n) is 6.00. The number of carbonyl (C=O) groups excluding carboxylic acids is 2. The van der Waals surface area contributed by atoms with Crippen LogP contribution in [0.4, 0.5) is 34.6 Å². The zero-order chi connectivity index (χ0) is 41.7. The number of thiazole rings is 2. The number of anilines is 2. The summed E-state index contributed by atoms with van der Waals surface area (Å²) in [4.78, 5) is 43.5. The van der Waals surface area contributed by atoms with Gasteiger partial charge in [-0.25, -0.2) is 29.5 Å². The summed E-state index contributed by atoms with van der Waals surface area (Å²) in [6.07, 6.45) is 3.96. The van der Waals surface area contributed by atoms with Crippen molar-refractivity contribution in [3.63, 3.8) is 0 Å². The van der Waals surface area contributed by atoms with Crippen molar-refractivity contribution in [2.24, 2.45) is 20.5 Å². The Bertz CT molecular complexity index is 2930. The van der Waals surface area contributed by atoms with E-state index in [4.69, 9.17) is 20.9 Å². The van der Waals surface area contributed by atoms with E-state index in [1.807, 2.05) is 48.5 Å². The Labute approximate surface area is 344 Å². The minimum absolute atomic E-state index is 0.0679. The van der Waals surface area contributed by atoms with Crippen molar-refractivity contribution in [1.29, 1.82) is 0 Å². The Morgan fingerprint density at radius 1 is 0.633 bits per heavy atom. The lowest BCUT2D eigenvalue weighted by molar-refractivity contribution is 0.0592. The van der Waals surface area contributed by atoms with Crippen LogP contribution in [0.2, 0.25) is 0 Å². The summed E-state index contributed by atoms with van der Waals surface area (Å²) in [6.45, 7) is 3.38. The zero-order valence-electron chi connectivity index (χ0n) is 31.7. The number of nitrogens with two attached hydrogens (primary N) is 2. The van der Waals surface area contributed by atoms with Crippen LogP contribution in [0.25, 0.3) is 42.3 Å². The lowest BCUT2D eigenvalue weighted by Gasteiger charge is -2.06. The second kappa shape index (κ2) is 15.0. The van der Waals surface area contributed by atoms with E-state index in [1.165, 1.54) is 74.3 Å². The number of esters is 2. The predicted octanol–water partition coefficient (Wildman–Crippen LogP) is 6.62. The van der Waals surface area contributed by atoms with Crippen LogP contribution < -0.4 is 11.5 Å². The summed E-state index contributed by atoms with van der Waals surface area (Å²) in [7, 11) is 2.52. The average molecular weight is 841 g/mol. The second-order valence-corrected chi connectivity index (χ2v) is 14.6. The molecule has 9 rings (SSSR count). The molecule has 7 aromatic heterocycles. The first-order chi connectivity index (χ1) is 29.1. The number of carbonyl (C=O) groups is 2. The number of hydrogen-bond acceptors (Lipinski definition) is 20. The number of azo groups is 2. The van der Waals surface area contributed by atoms with Gasteiger partial charge in [0.15, 0.2) is 46.3 Å². The average Bonchev–Trinajstić information content (AvgIpc) is 4.12. The summed E-state index contributed by atoms with van der Waals surface area (Å²) in [5.41, 5.74) is 16.0. The van der Waals surface area contributed by atoms with E-state index in [9.17, 15) is 9.59 Å². The summed E-state index contributed by atoms with van der Waals surface area (Å²) in [5, 5.41) is 36.4. The normalized spacial score (nSPS) is 11.8. The number of benzene rings is 2. The Morgan fingerprint density at radius 3 is 1.48 bits per heavy atom. The van der Waals surface area contributed by atoms with Crippen LogP contribution in [0.3, 0.4) is 0 Å². The molecule has 0 fully saturated rings. The van der Waals surface area contributed by atoms with Crippen LogP contribution in [0, 0.1) is 13.8 Å². The van der Waals surface area contributed by atoms with E-state index >= 15 is 0 Å². The highest BCUT2D eigenvalue weighted by atomic mass is 32.1. The summed E-state index contributed by atoms with van der Waals surface area (Å²) in [5.74, 6) is -0.511. The smallest absolute Gasteiger partial charge is 0.343 e. The standard InChI is InChI=1S/C36H28N18O4S2/c1-17-27(45-47-31-19(33(55)57-3)14-41-53(31)35-43-21-9-5-7-11-23(21)59-35)29(37)51(49-17)25-13-26(40-16-39-25)52-30(38)28(18(2)50-52)46-48-32-20(34(56)58-4)15-42-54(32)36-44-22-10-6-8-12-24(22)60-36/h5-16H,37-38H2,1-4H3/b47-45+,48-46+. The van der Waals surface area contributed by atoms with Gasteiger partial charge in [-0.05, 0) is 38.1 Å². The van der Waals surface area contributed by atoms with Crippen molar-refractivity contribution < 1.29 is 19.1 Å². The number of methoxy groups -OCH3 is 2. The number of aryl methyl sites for hydroxylation is 2. The van der Waals surface area contributed by atoms with Gasteiger partial charge in [0.1, 0.15) is 17.5 Å². The van der Waals surface area contributed by atoms with E-state index < -0.39 is 11.9 Å². The highest BCUT2D eigenvalue weighted by molar-refractivity contribution is 7.21. The fourth-order valence-corrected chi connectivity index (χ4v) is 7.85. The SMILES string of the molecule is COC(=O)c1cnn(-c2nc3ccccc3s2)c1/N=N/c1c(C)nn(-c2cc(-n3nc(C)c(/N=N/c4c(C(=O)OC)cnn4-c4nc5ccccc5s4)c3N)ncn2)c1N. The minimum Gasteiger partial charge on any atom is -0.465 e. The van der Waals surface area contributed by atoms with Gasteiger partial charge < -0.3 is 20.9 Å². The van der Waals surface area contributed by atoms with Crippen LogP contribution in [-0.2, 0) is 9.47 Å². The van der Waals surface area contributed by atoms with Crippen LogP contribution >= 0.6 is 22.7 Å². The maximum absolute atomic E-state index is 12.7. The molecule has 0 unspecified atom stereocenters. The molecule has 60 heavy (non-hydrogen) atoms. The van der Waals surface area contributed by atoms with Crippen LogP contribution in [0.15, 0.2) is 93.8 Å². The minimum atomic E-state index is -0.662. The number of rotatable bonds is 10. The third-order valence-electron chi connectivity index (χ3n) is 8.91. The third-order valence-corrected chi connectivity index (χ3v) is 10.9. The topological polar surface area (TPSA) is 277 Å². The molecular weight excluding hydrogens is 813 g/mol. The van der Waals surface area contributed by atoms with Crippen LogP contribution in [-0.4, -0.2) is 85.2 Å². The summed E-state index contributed by atoms with van der Waals surface area (Å²) in [6, 6.07) is 16.7. The monoisotopic (exact) mass is 840 g/mol. The van der Waals surface area contributed by atoms with Crippen molar-refractivity contribution in [2.75, 3.05) is 25.7 Å². The molecule has 0 saturated carbocycles. The maximum Gasteiger partial charge on any atom is 0.343 e. The fraction of sp³-hybridized carbons (Fsp3) is 0.111. The van der Waals surface area contributed by atoms with Crippen molar-refractivity contribution >= 4 is 89.7 Å². The number of nitrogens with zero attached hydrogens (tertiary/aromatic N) is 16. The van der Waals surface area contributed by atoms with Gasteiger partial charge >= 0.3 is 11.9 Å². The van der Waals surface area contributed by atoms with Gasteiger partial charge in [-0.1, -0.05) is 46.9 Å². The summed E-state index contributed by atoms with van der Waals surface area (Å²) >= 11 is 2.73. The van der Waals surface area contributed by atoms with Crippen LogP contribution in [0.5, 0.6) is 0 Å². The van der Waals surface area contributed by atoms with Gasteiger partial charge in [0.2, 0.25) is 10.3 Å². The summed E-state index contributed by atoms with van der Waals surface area (Å²) < 4.78 is 17.3. The molecule has 0 saturated heterocycles. The lowest BCUT2D eigenvalue weighted by atomic mass is 10.3. The molecule has 0 spiro atoms. The molecule has 0 aliphatic heterocycles. The molecule has 0 bridgehead atoms. The van der Waals surface area contributed by atoms with E-state index in [1.54, 1.807) is 19.9 Å². The highest BCUT2D eigenvalue weighted by Crippen LogP contribution is 2.36. The van der Waals surface area contributed by atoms with Crippen molar-refractivity contribution in [2.45, 2.75) is 13.8 Å². The Balaban J connectivity index is 1.03.